The molecule has 0 aliphatic rings. The second kappa shape index (κ2) is 7.17. The Labute approximate surface area is 124 Å². The van der Waals surface area contributed by atoms with E-state index in [-0.39, 0.29) is 41.3 Å². The molecule has 6 nitrogen and oxygen atoms in total. The lowest BCUT2D eigenvalue weighted by molar-refractivity contribution is 0.158. The number of benzene rings is 1. The Hall–Kier alpha value is -1.22. The van der Waals surface area contributed by atoms with Gasteiger partial charge in [-0.2, -0.15) is 0 Å². The summed E-state index contributed by atoms with van der Waals surface area (Å²) in [5, 5.41) is 8.96. The molecular weight excluding hydrogens is 299 g/mol. The molecule has 1 atom stereocenters. The predicted octanol–water partition coefficient (Wildman–Crippen LogP) is 0.700. The highest BCUT2D eigenvalue weighted by Crippen LogP contribution is 2.27. The molecule has 0 aliphatic heterocycles. The molecule has 0 aromatic heterocycles. The number of rotatable bonds is 7. The molecule has 21 heavy (non-hydrogen) atoms. The number of aliphatic hydroxyl groups is 1. The number of hydrogen-bond donors (Lipinski definition) is 3. The average Bonchev–Trinajstić information content (AvgIpc) is 2.35. The summed E-state index contributed by atoms with van der Waals surface area (Å²) in [5.41, 5.74) is 5.81. The largest absolute Gasteiger partial charge is 0.396 e. The zero-order valence-corrected chi connectivity index (χ0v) is 13.1. The molecule has 1 aromatic carbocycles. The lowest BCUT2D eigenvalue weighted by Gasteiger charge is -2.19. The number of aliphatic hydroxyl groups excluding tert-OH is 1. The van der Waals surface area contributed by atoms with E-state index in [4.69, 9.17) is 15.6 Å². The Morgan fingerprint density at radius 1 is 1.48 bits per heavy atom. The average molecular weight is 320 g/mol. The van der Waals surface area contributed by atoms with Crippen molar-refractivity contribution in [3.05, 3.63) is 23.0 Å². The van der Waals surface area contributed by atoms with Crippen LogP contribution in [0.3, 0.4) is 0 Å². The van der Waals surface area contributed by atoms with Gasteiger partial charge in [0.1, 0.15) is 5.82 Å². The number of anilines is 1. The second-order valence-corrected chi connectivity index (χ2v) is 6.48. The van der Waals surface area contributed by atoms with Gasteiger partial charge in [-0.15, -0.1) is 0 Å². The summed E-state index contributed by atoms with van der Waals surface area (Å²) in [5.74, 6) is -0.646. The Balaban J connectivity index is 3.22. The van der Waals surface area contributed by atoms with Gasteiger partial charge in [0, 0.05) is 19.8 Å². The van der Waals surface area contributed by atoms with Crippen molar-refractivity contribution in [2.45, 2.75) is 31.2 Å². The molecule has 0 saturated carbocycles. The first-order chi connectivity index (χ1) is 9.74. The fourth-order valence-corrected chi connectivity index (χ4v) is 3.89. The van der Waals surface area contributed by atoms with Crippen molar-refractivity contribution < 1.29 is 22.7 Å². The van der Waals surface area contributed by atoms with Crippen molar-refractivity contribution in [3.63, 3.8) is 0 Å². The third-order valence-corrected chi connectivity index (χ3v) is 4.95. The Bertz CT molecular complexity index is 599. The standard InChI is InChI=1S/C13H21FN2O4S/c1-8-6-11(14)12(15)9(2)13(8)21(18,19)16-10(4-5-17)7-20-3/h6,10,16-17H,4-5,7,15H2,1-3H3. The number of ether oxygens (including phenoxy) is 1. The first-order valence-corrected chi connectivity index (χ1v) is 7.90. The maximum absolute atomic E-state index is 13.5. The highest BCUT2D eigenvalue weighted by Gasteiger charge is 2.25. The Kier molecular flexibility index (Phi) is 6.09. The van der Waals surface area contributed by atoms with Crippen LogP contribution < -0.4 is 10.5 Å². The second-order valence-electron chi connectivity index (χ2n) is 4.83. The number of nitrogen functional groups attached to an aromatic ring is 1. The summed E-state index contributed by atoms with van der Waals surface area (Å²) in [4.78, 5) is -0.0413. The van der Waals surface area contributed by atoms with Crippen molar-refractivity contribution in [2.24, 2.45) is 0 Å². The van der Waals surface area contributed by atoms with E-state index in [1.807, 2.05) is 0 Å². The lowest BCUT2D eigenvalue weighted by atomic mass is 10.1. The highest BCUT2D eigenvalue weighted by atomic mass is 32.2. The molecule has 0 radical (unpaired) electrons. The van der Waals surface area contributed by atoms with Crippen LogP contribution in [-0.2, 0) is 14.8 Å². The van der Waals surface area contributed by atoms with E-state index in [0.29, 0.717) is 0 Å². The Morgan fingerprint density at radius 3 is 2.62 bits per heavy atom. The molecular formula is C13H21FN2O4S. The molecule has 0 heterocycles. The van der Waals surface area contributed by atoms with E-state index < -0.39 is 21.9 Å². The lowest BCUT2D eigenvalue weighted by Crippen LogP contribution is -2.39. The number of hydrogen-bond acceptors (Lipinski definition) is 5. The monoisotopic (exact) mass is 320 g/mol. The fourth-order valence-electron chi connectivity index (χ4n) is 2.16. The summed E-state index contributed by atoms with van der Waals surface area (Å²) >= 11 is 0. The molecule has 4 N–H and O–H groups in total. The maximum Gasteiger partial charge on any atom is 0.241 e. The van der Waals surface area contributed by atoms with Crippen LogP contribution in [0.25, 0.3) is 0 Å². The summed E-state index contributed by atoms with van der Waals surface area (Å²) in [6.07, 6.45) is 0.210. The number of nitrogens with two attached hydrogens (primary N) is 1. The fraction of sp³-hybridized carbons (Fsp3) is 0.538. The number of nitrogens with one attached hydrogen (secondary N) is 1. The van der Waals surface area contributed by atoms with Crippen LogP contribution in [-0.4, -0.2) is 39.9 Å². The zero-order chi connectivity index (χ0) is 16.2. The Morgan fingerprint density at radius 2 is 2.10 bits per heavy atom. The summed E-state index contributed by atoms with van der Waals surface area (Å²) in [6.45, 7) is 2.90. The van der Waals surface area contributed by atoms with Gasteiger partial charge in [0.05, 0.1) is 17.2 Å². The van der Waals surface area contributed by atoms with Crippen molar-refractivity contribution >= 4 is 15.7 Å². The number of halogens is 1. The number of sulfonamides is 1. The van der Waals surface area contributed by atoms with E-state index in [9.17, 15) is 12.8 Å². The first-order valence-electron chi connectivity index (χ1n) is 6.41. The molecule has 0 aliphatic carbocycles. The number of aryl methyl sites for hydroxylation is 1. The van der Waals surface area contributed by atoms with E-state index >= 15 is 0 Å². The topological polar surface area (TPSA) is 102 Å². The molecule has 1 aromatic rings. The van der Waals surface area contributed by atoms with E-state index in [2.05, 4.69) is 4.72 Å². The van der Waals surface area contributed by atoms with Crippen molar-refractivity contribution in [1.82, 2.24) is 4.72 Å². The van der Waals surface area contributed by atoms with Gasteiger partial charge in [-0.1, -0.05) is 0 Å². The summed E-state index contributed by atoms with van der Waals surface area (Å²) < 4.78 is 45.8. The van der Waals surface area contributed by atoms with Gasteiger partial charge in [0.2, 0.25) is 10.0 Å². The molecule has 1 rings (SSSR count). The van der Waals surface area contributed by atoms with Crippen LogP contribution in [0.15, 0.2) is 11.0 Å². The minimum Gasteiger partial charge on any atom is -0.396 e. The van der Waals surface area contributed by atoms with Gasteiger partial charge in [0.15, 0.2) is 0 Å². The van der Waals surface area contributed by atoms with Crippen LogP contribution in [0.4, 0.5) is 10.1 Å². The van der Waals surface area contributed by atoms with E-state index in [0.717, 1.165) is 6.07 Å². The van der Waals surface area contributed by atoms with Gasteiger partial charge in [-0.3, -0.25) is 0 Å². The minimum atomic E-state index is -3.89. The van der Waals surface area contributed by atoms with Gasteiger partial charge in [0.25, 0.3) is 0 Å². The van der Waals surface area contributed by atoms with Gasteiger partial charge >= 0.3 is 0 Å². The van der Waals surface area contributed by atoms with Crippen LogP contribution in [0, 0.1) is 19.7 Å². The van der Waals surface area contributed by atoms with Crippen LogP contribution in [0.2, 0.25) is 0 Å². The zero-order valence-electron chi connectivity index (χ0n) is 12.3. The van der Waals surface area contributed by atoms with Gasteiger partial charge in [-0.25, -0.2) is 17.5 Å². The summed E-state index contributed by atoms with van der Waals surface area (Å²) in [6, 6.07) is 0.518. The normalized spacial score (nSPS) is 13.4. The molecule has 0 saturated heterocycles. The number of methoxy groups -OCH3 is 1. The first kappa shape index (κ1) is 17.8. The van der Waals surface area contributed by atoms with Gasteiger partial charge in [-0.05, 0) is 37.5 Å². The quantitative estimate of drug-likeness (QED) is 0.642. The van der Waals surface area contributed by atoms with Crippen molar-refractivity contribution in [2.75, 3.05) is 26.1 Å². The molecule has 1 unspecified atom stereocenters. The molecule has 0 bridgehead atoms. The van der Waals surface area contributed by atoms with Crippen molar-refractivity contribution in [3.8, 4) is 0 Å². The molecule has 0 fully saturated rings. The van der Waals surface area contributed by atoms with Crippen LogP contribution >= 0.6 is 0 Å². The van der Waals surface area contributed by atoms with Crippen LogP contribution in [0.1, 0.15) is 17.5 Å². The van der Waals surface area contributed by atoms with E-state index in [1.165, 1.54) is 21.0 Å². The maximum atomic E-state index is 13.5. The highest BCUT2D eigenvalue weighted by molar-refractivity contribution is 7.89. The third kappa shape index (κ3) is 4.13. The predicted molar refractivity (Wildman–Crippen MR) is 78.0 cm³/mol. The summed E-state index contributed by atoms with van der Waals surface area (Å²) in [7, 11) is -2.46. The minimum absolute atomic E-state index is 0.0413. The SMILES string of the molecule is COCC(CCO)NS(=O)(=O)c1c(C)cc(F)c(N)c1C. The molecule has 0 amide bonds. The smallest absolute Gasteiger partial charge is 0.241 e. The van der Waals surface area contributed by atoms with Gasteiger partial charge < -0.3 is 15.6 Å². The van der Waals surface area contributed by atoms with Crippen molar-refractivity contribution in [1.29, 1.82) is 0 Å². The molecule has 0 spiro atoms. The third-order valence-electron chi connectivity index (χ3n) is 3.14. The van der Waals surface area contributed by atoms with Crippen LogP contribution in [0.5, 0.6) is 0 Å². The van der Waals surface area contributed by atoms with E-state index in [1.54, 1.807) is 0 Å². The molecule has 8 heteroatoms. The molecule has 120 valence electrons.